The van der Waals surface area contributed by atoms with Crippen LogP contribution in [0.3, 0.4) is 0 Å². The first-order chi connectivity index (χ1) is 10.3. The van der Waals surface area contributed by atoms with Crippen molar-refractivity contribution >= 4 is 65.9 Å². The lowest BCUT2D eigenvalue weighted by Gasteiger charge is -2.23. The van der Waals surface area contributed by atoms with Crippen LogP contribution in [-0.4, -0.2) is 41.7 Å². The molecule has 2 aliphatic heterocycles. The molecule has 11 heteroatoms. The van der Waals surface area contributed by atoms with E-state index in [9.17, 15) is 13.2 Å². The molecule has 22 heavy (non-hydrogen) atoms. The second-order valence-electron chi connectivity index (χ2n) is 4.32. The fourth-order valence-electron chi connectivity index (χ4n) is 1.79. The zero-order valence-corrected chi connectivity index (χ0v) is 14.1. The molecule has 0 fully saturated rings. The molecule has 0 saturated carbocycles. The number of fused-ring (bicyclic) bond motifs is 1. The Labute approximate surface area is 137 Å². The van der Waals surface area contributed by atoms with E-state index in [4.69, 9.17) is 9.83 Å². The molecule has 0 aromatic carbocycles. The molecule has 0 atom stereocenters. The van der Waals surface area contributed by atoms with Gasteiger partial charge in [0.2, 0.25) is 20.2 Å². The van der Waals surface area contributed by atoms with E-state index in [-0.39, 0.29) is 21.7 Å². The number of hydrogen-bond acceptors (Lipinski definition) is 7. The number of nitrogens with one attached hydrogen (secondary N) is 1. The second-order valence-corrected chi connectivity index (χ2v) is 7.74. The van der Waals surface area contributed by atoms with Crippen LogP contribution < -0.4 is 0 Å². The van der Waals surface area contributed by atoms with Crippen molar-refractivity contribution in [2.24, 2.45) is 9.39 Å². The minimum atomic E-state index is -3.65. The zero-order valence-electron chi connectivity index (χ0n) is 10.9. The molecular weight excluding hydrogens is 396 g/mol. The average Bonchev–Trinajstić information content (AvgIpc) is 3.00. The molecule has 0 bridgehead atoms. The van der Waals surface area contributed by atoms with E-state index < -0.39 is 15.7 Å². The van der Waals surface area contributed by atoms with Gasteiger partial charge in [0.05, 0.1) is 17.5 Å². The molecule has 1 aromatic rings. The maximum atomic E-state index is 12.0. The molecule has 2 aliphatic rings. The summed E-state index contributed by atoms with van der Waals surface area (Å²) in [5.41, 5.74) is -0.0792. The van der Waals surface area contributed by atoms with Gasteiger partial charge in [-0.15, -0.1) is 0 Å². The first-order valence-corrected chi connectivity index (χ1v) is 9.17. The quantitative estimate of drug-likeness (QED) is 0.563. The molecule has 0 unspecified atom stereocenters. The summed E-state index contributed by atoms with van der Waals surface area (Å²) in [6.07, 6.45) is 2.31. The minimum Gasteiger partial charge on any atom is -0.450 e. The molecule has 1 aromatic heterocycles. The van der Waals surface area contributed by atoms with Gasteiger partial charge in [-0.2, -0.15) is 9.39 Å². The summed E-state index contributed by atoms with van der Waals surface area (Å²) in [5, 5.41) is 7.84. The highest BCUT2D eigenvalue weighted by atomic mass is 79.9. The Kier molecular flexibility index (Phi) is 3.57. The smallest absolute Gasteiger partial charge is 0.283 e. The molecule has 0 saturated heterocycles. The number of amides is 1. The Morgan fingerprint density at radius 2 is 2.18 bits per heavy atom. The van der Waals surface area contributed by atoms with Gasteiger partial charge in [0.1, 0.15) is 11.6 Å². The largest absolute Gasteiger partial charge is 0.450 e. The standard InChI is InChI=1S/C11H7BrN4O4S2/c1-22(18,19)11-15-21-10-14-9(17)6(8(13)16(10)11)4-5-2-3-7(12)20-5/h2-4,13H,1H3/b6-4-,13-8?. The molecule has 8 nitrogen and oxygen atoms in total. The SMILES string of the molecule is CS(=O)(=O)C1=NSC2=NC(=O)/C(=C\c3ccc(Br)o3)C(=N)N21. The number of sulfone groups is 1. The lowest BCUT2D eigenvalue weighted by molar-refractivity contribution is -0.114. The summed E-state index contributed by atoms with van der Waals surface area (Å²) < 4.78 is 32.9. The number of nitrogens with zero attached hydrogens (tertiary/aromatic N) is 3. The van der Waals surface area contributed by atoms with Crippen LogP contribution in [0, 0.1) is 5.41 Å². The summed E-state index contributed by atoms with van der Waals surface area (Å²) in [7, 11) is -3.65. The lowest BCUT2D eigenvalue weighted by atomic mass is 10.1. The van der Waals surface area contributed by atoms with Gasteiger partial charge in [-0.1, -0.05) is 0 Å². The Bertz CT molecular complexity index is 897. The van der Waals surface area contributed by atoms with E-state index in [1.807, 2.05) is 0 Å². The van der Waals surface area contributed by atoms with Gasteiger partial charge in [-0.3, -0.25) is 10.2 Å². The number of carbonyl (C=O) groups is 1. The van der Waals surface area contributed by atoms with Crippen molar-refractivity contribution in [1.82, 2.24) is 4.90 Å². The molecule has 3 rings (SSSR count). The summed E-state index contributed by atoms with van der Waals surface area (Å²) in [6.45, 7) is 0. The van der Waals surface area contributed by atoms with Gasteiger partial charge < -0.3 is 4.42 Å². The first-order valence-electron chi connectivity index (χ1n) is 5.71. The van der Waals surface area contributed by atoms with Crippen LogP contribution in [0.4, 0.5) is 0 Å². The van der Waals surface area contributed by atoms with Crippen molar-refractivity contribution < 1.29 is 17.6 Å². The molecule has 114 valence electrons. The molecule has 0 aliphatic carbocycles. The third-order valence-corrected chi connectivity index (χ3v) is 4.89. The number of carbonyl (C=O) groups excluding carboxylic acids is 1. The van der Waals surface area contributed by atoms with E-state index in [1.54, 1.807) is 12.1 Å². The predicted molar refractivity (Wildman–Crippen MR) is 86.3 cm³/mol. The van der Waals surface area contributed by atoms with Crippen LogP contribution >= 0.6 is 27.9 Å². The maximum absolute atomic E-state index is 12.0. The van der Waals surface area contributed by atoms with Gasteiger partial charge in [-0.05, 0) is 34.1 Å². The minimum absolute atomic E-state index is 0.0493. The van der Waals surface area contributed by atoms with Crippen molar-refractivity contribution in [3.63, 3.8) is 0 Å². The van der Waals surface area contributed by atoms with Crippen molar-refractivity contribution in [1.29, 1.82) is 5.41 Å². The van der Waals surface area contributed by atoms with Gasteiger partial charge in [0.25, 0.3) is 5.91 Å². The Morgan fingerprint density at radius 1 is 1.45 bits per heavy atom. The monoisotopic (exact) mass is 402 g/mol. The fraction of sp³-hybridized carbons (Fsp3) is 0.0909. The summed E-state index contributed by atoms with van der Waals surface area (Å²) >= 11 is 3.88. The van der Waals surface area contributed by atoms with E-state index in [0.717, 1.165) is 23.1 Å². The predicted octanol–water partition coefficient (Wildman–Crippen LogP) is 1.66. The van der Waals surface area contributed by atoms with E-state index in [2.05, 4.69) is 25.3 Å². The zero-order chi connectivity index (χ0) is 16.1. The molecule has 0 radical (unpaired) electrons. The molecule has 0 spiro atoms. The molecule has 1 amide bonds. The van der Waals surface area contributed by atoms with Crippen LogP contribution in [0.2, 0.25) is 0 Å². The summed E-state index contributed by atoms with van der Waals surface area (Å²) in [5.74, 6) is -0.624. The van der Waals surface area contributed by atoms with E-state index in [1.165, 1.54) is 6.08 Å². The molecule has 3 heterocycles. The van der Waals surface area contributed by atoms with Crippen molar-refractivity contribution in [2.75, 3.05) is 6.26 Å². The van der Waals surface area contributed by atoms with Crippen LogP contribution in [0.25, 0.3) is 6.08 Å². The van der Waals surface area contributed by atoms with Gasteiger partial charge >= 0.3 is 0 Å². The first kappa shape index (κ1) is 15.2. The average molecular weight is 403 g/mol. The van der Waals surface area contributed by atoms with Crippen LogP contribution in [0.5, 0.6) is 0 Å². The number of aliphatic imine (C=N–C) groups is 1. The molecular formula is C11H7BrN4O4S2. The van der Waals surface area contributed by atoms with Crippen LogP contribution in [0.1, 0.15) is 5.76 Å². The van der Waals surface area contributed by atoms with Gasteiger partial charge in [0, 0.05) is 6.26 Å². The number of rotatable bonds is 1. The van der Waals surface area contributed by atoms with Crippen LogP contribution in [0.15, 0.2) is 36.2 Å². The highest BCUT2D eigenvalue weighted by Gasteiger charge is 2.41. The number of furan rings is 1. The number of amidine groups is 3. The summed E-state index contributed by atoms with van der Waals surface area (Å²) in [6, 6.07) is 3.23. The highest BCUT2D eigenvalue weighted by Crippen LogP contribution is 2.30. The van der Waals surface area contributed by atoms with E-state index in [0.29, 0.717) is 10.4 Å². The van der Waals surface area contributed by atoms with Crippen molar-refractivity contribution in [3.05, 3.63) is 28.1 Å². The summed E-state index contributed by atoms with van der Waals surface area (Å²) in [4.78, 5) is 16.8. The normalized spacial score (nSPS) is 20.3. The number of hydrogen-bond donors (Lipinski definition) is 1. The highest BCUT2D eigenvalue weighted by molar-refractivity contribution is 9.10. The van der Waals surface area contributed by atoms with Crippen LogP contribution in [-0.2, 0) is 14.6 Å². The van der Waals surface area contributed by atoms with Gasteiger partial charge in [0.15, 0.2) is 4.67 Å². The molecule has 1 N–H and O–H groups in total. The van der Waals surface area contributed by atoms with Crippen molar-refractivity contribution in [2.45, 2.75) is 0 Å². The van der Waals surface area contributed by atoms with Gasteiger partial charge in [-0.25, -0.2) is 13.3 Å². The fourth-order valence-corrected chi connectivity index (χ4v) is 3.95. The Balaban J connectivity index is 2.07. The maximum Gasteiger partial charge on any atom is 0.283 e. The Hall–Kier alpha value is -1.72. The second kappa shape index (κ2) is 5.18. The van der Waals surface area contributed by atoms with Crippen molar-refractivity contribution in [3.8, 4) is 0 Å². The number of halogens is 1. The Morgan fingerprint density at radius 3 is 2.77 bits per heavy atom. The third-order valence-electron chi connectivity index (χ3n) is 2.71. The third kappa shape index (κ3) is 2.55. The van der Waals surface area contributed by atoms with E-state index >= 15 is 0 Å². The lowest BCUT2D eigenvalue weighted by Crippen LogP contribution is -2.45. The topological polar surface area (TPSA) is 116 Å².